The van der Waals surface area contributed by atoms with Crippen molar-refractivity contribution in [1.82, 2.24) is 19.7 Å². The topological polar surface area (TPSA) is 97.5 Å². The number of benzene rings is 1. The maximum Gasteiger partial charge on any atom is 0.411 e. The van der Waals surface area contributed by atoms with Gasteiger partial charge in [-0.15, -0.1) is 10.2 Å². The molecule has 1 atom stereocenters. The number of amides is 1. The third-order valence-electron chi connectivity index (χ3n) is 3.78. The van der Waals surface area contributed by atoms with E-state index in [2.05, 4.69) is 10.2 Å². The molecule has 0 bridgehead atoms. The molecular weight excluding hydrogens is 300 g/mol. The fourth-order valence-electron chi connectivity index (χ4n) is 2.52. The van der Waals surface area contributed by atoms with Crippen molar-refractivity contribution in [2.24, 2.45) is 0 Å². The maximum absolute atomic E-state index is 12.3. The van der Waals surface area contributed by atoms with Crippen molar-refractivity contribution in [3.8, 4) is 0 Å². The van der Waals surface area contributed by atoms with Gasteiger partial charge in [0.2, 0.25) is 0 Å². The highest BCUT2D eigenvalue weighted by atomic mass is 16.6. The first-order chi connectivity index (χ1) is 11.1. The van der Waals surface area contributed by atoms with Crippen molar-refractivity contribution in [3.05, 3.63) is 47.5 Å². The molecule has 2 aromatic rings. The van der Waals surface area contributed by atoms with Gasteiger partial charge < -0.3 is 14.4 Å². The molecule has 0 radical (unpaired) electrons. The van der Waals surface area contributed by atoms with Gasteiger partial charge in [0.15, 0.2) is 11.9 Å². The number of ether oxygens (including phenoxy) is 1. The summed E-state index contributed by atoms with van der Waals surface area (Å²) in [6.07, 6.45) is -0.673. The number of rotatable bonds is 3. The summed E-state index contributed by atoms with van der Waals surface area (Å²) < 4.78 is 6.94. The van der Waals surface area contributed by atoms with E-state index < -0.39 is 18.1 Å². The van der Waals surface area contributed by atoms with Crippen LogP contribution in [0, 0.1) is 6.92 Å². The molecule has 1 aliphatic heterocycles. The van der Waals surface area contributed by atoms with Crippen molar-refractivity contribution in [2.75, 3.05) is 0 Å². The molecule has 1 aliphatic rings. The maximum atomic E-state index is 12.3. The predicted octanol–water partition coefficient (Wildman–Crippen LogP) is 1.19. The molecule has 1 unspecified atom stereocenters. The van der Waals surface area contributed by atoms with E-state index in [0.717, 1.165) is 5.56 Å². The summed E-state index contributed by atoms with van der Waals surface area (Å²) in [4.78, 5) is 24.9. The third-order valence-corrected chi connectivity index (χ3v) is 3.78. The van der Waals surface area contributed by atoms with Crippen LogP contribution in [0.1, 0.15) is 17.2 Å². The van der Waals surface area contributed by atoms with Crippen LogP contribution in [0.4, 0.5) is 4.79 Å². The lowest BCUT2D eigenvalue weighted by atomic mass is 10.2. The summed E-state index contributed by atoms with van der Waals surface area (Å²) >= 11 is 0. The van der Waals surface area contributed by atoms with Gasteiger partial charge in [0.25, 0.3) is 0 Å². The summed E-state index contributed by atoms with van der Waals surface area (Å²) in [5.74, 6) is 0.0978. The SMILES string of the molecule is Cc1nnc2n1CC(C(=O)O)N(C(=O)OCc1ccccc1)C2. The van der Waals surface area contributed by atoms with E-state index in [1.54, 1.807) is 11.5 Å². The molecule has 1 aromatic carbocycles. The Balaban J connectivity index is 1.74. The summed E-state index contributed by atoms with van der Waals surface area (Å²) in [6, 6.07) is 8.22. The summed E-state index contributed by atoms with van der Waals surface area (Å²) in [5, 5.41) is 17.3. The second kappa shape index (κ2) is 6.07. The van der Waals surface area contributed by atoms with Gasteiger partial charge in [0.05, 0.1) is 13.1 Å². The highest BCUT2D eigenvalue weighted by Gasteiger charge is 2.37. The number of fused-ring (bicyclic) bond motifs is 1. The third kappa shape index (κ3) is 3.01. The van der Waals surface area contributed by atoms with E-state index in [1.807, 2.05) is 30.3 Å². The Morgan fingerprint density at radius 3 is 2.74 bits per heavy atom. The van der Waals surface area contributed by atoms with Crippen molar-refractivity contribution in [3.63, 3.8) is 0 Å². The number of hydrogen-bond donors (Lipinski definition) is 1. The van der Waals surface area contributed by atoms with Gasteiger partial charge in [0, 0.05) is 0 Å². The van der Waals surface area contributed by atoms with Gasteiger partial charge in [-0.25, -0.2) is 9.59 Å². The Morgan fingerprint density at radius 1 is 1.30 bits per heavy atom. The Kier molecular flexibility index (Phi) is 3.96. The molecule has 1 N–H and O–H groups in total. The Hall–Kier alpha value is -2.90. The van der Waals surface area contributed by atoms with E-state index in [4.69, 9.17) is 4.74 Å². The minimum absolute atomic E-state index is 0.0609. The van der Waals surface area contributed by atoms with Crippen LogP contribution in [-0.4, -0.2) is 42.9 Å². The molecule has 2 heterocycles. The van der Waals surface area contributed by atoms with Crippen LogP contribution in [0.15, 0.2) is 30.3 Å². The standard InChI is InChI=1S/C15H16N4O4/c1-10-16-17-13-8-19(12(14(20)21)7-18(10)13)15(22)23-9-11-5-3-2-4-6-11/h2-6,12H,7-9H2,1H3,(H,20,21). The van der Waals surface area contributed by atoms with Gasteiger partial charge in [0.1, 0.15) is 12.4 Å². The number of carboxylic acid groups (broad SMARTS) is 1. The normalized spacial score (nSPS) is 16.7. The Morgan fingerprint density at radius 2 is 2.04 bits per heavy atom. The number of aromatic nitrogens is 3. The van der Waals surface area contributed by atoms with Crippen LogP contribution < -0.4 is 0 Å². The first-order valence-corrected chi connectivity index (χ1v) is 7.15. The van der Waals surface area contributed by atoms with E-state index in [-0.39, 0.29) is 19.7 Å². The number of carboxylic acids is 1. The lowest BCUT2D eigenvalue weighted by molar-refractivity contribution is -0.144. The minimum atomic E-state index is -1.08. The molecule has 0 aliphatic carbocycles. The number of aryl methyl sites for hydroxylation is 1. The molecule has 120 valence electrons. The van der Waals surface area contributed by atoms with E-state index in [0.29, 0.717) is 11.6 Å². The Labute approximate surface area is 132 Å². The second-order valence-electron chi connectivity index (χ2n) is 5.30. The number of carbonyl (C=O) groups excluding carboxylic acids is 1. The lowest BCUT2D eigenvalue weighted by Crippen LogP contribution is -2.50. The van der Waals surface area contributed by atoms with Gasteiger partial charge in [-0.2, -0.15) is 0 Å². The van der Waals surface area contributed by atoms with Gasteiger partial charge in [-0.3, -0.25) is 4.90 Å². The second-order valence-corrected chi connectivity index (χ2v) is 5.30. The number of carbonyl (C=O) groups is 2. The molecule has 1 amide bonds. The zero-order valence-electron chi connectivity index (χ0n) is 12.5. The van der Waals surface area contributed by atoms with Crippen molar-refractivity contribution < 1.29 is 19.4 Å². The monoisotopic (exact) mass is 316 g/mol. The highest BCUT2D eigenvalue weighted by molar-refractivity contribution is 5.80. The molecule has 0 fully saturated rings. The lowest BCUT2D eigenvalue weighted by Gasteiger charge is -2.32. The van der Waals surface area contributed by atoms with Crippen molar-refractivity contribution in [2.45, 2.75) is 32.7 Å². The average Bonchev–Trinajstić information content (AvgIpc) is 2.93. The van der Waals surface area contributed by atoms with Crippen LogP contribution >= 0.6 is 0 Å². The zero-order chi connectivity index (χ0) is 16.4. The first-order valence-electron chi connectivity index (χ1n) is 7.15. The van der Waals surface area contributed by atoms with Crippen molar-refractivity contribution in [1.29, 1.82) is 0 Å². The van der Waals surface area contributed by atoms with Crippen LogP contribution in [-0.2, 0) is 29.2 Å². The van der Waals surface area contributed by atoms with Gasteiger partial charge in [-0.05, 0) is 12.5 Å². The summed E-state index contributed by atoms with van der Waals surface area (Å²) in [5.41, 5.74) is 0.837. The molecule has 0 spiro atoms. The Bertz CT molecular complexity index is 728. The molecule has 0 saturated heterocycles. The van der Waals surface area contributed by atoms with Gasteiger partial charge >= 0.3 is 12.1 Å². The molecule has 0 saturated carbocycles. The average molecular weight is 316 g/mol. The van der Waals surface area contributed by atoms with E-state index >= 15 is 0 Å². The zero-order valence-corrected chi connectivity index (χ0v) is 12.5. The first kappa shape index (κ1) is 15.0. The number of nitrogens with zero attached hydrogens (tertiary/aromatic N) is 4. The molecule has 8 nitrogen and oxygen atoms in total. The number of hydrogen-bond acceptors (Lipinski definition) is 5. The predicted molar refractivity (Wildman–Crippen MR) is 78.4 cm³/mol. The molecule has 1 aromatic heterocycles. The van der Waals surface area contributed by atoms with Crippen LogP contribution in [0.2, 0.25) is 0 Å². The van der Waals surface area contributed by atoms with Crippen LogP contribution in [0.25, 0.3) is 0 Å². The number of aliphatic carboxylic acids is 1. The molecular formula is C15H16N4O4. The molecule has 3 rings (SSSR count). The highest BCUT2D eigenvalue weighted by Crippen LogP contribution is 2.19. The molecule has 8 heteroatoms. The van der Waals surface area contributed by atoms with Gasteiger partial charge in [-0.1, -0.05) is 30.3 Å². The van der Waals surface area contributed by atoms with E-state index in [9.17, 15) is 14.7 Å². The largest absolute Gasteiger partial charge is 0.480 e. The smallest absolute Gasteiger partial charge is 0.411 e. The van der Waals surface area contributed by atoms with Crippen molar-refractivity contribution >= 4 is 12.1 Å². The minimum Gasteiger partial charge on any atom is -0.480 e. The van der Waals surface area contributed by atoms with Crippen LogP contribution in [0.3, 0.4) is 0 Å². The summed E-state index contributed by atoms with van der Waals surface area (Å²) in [7, 11) is 0. The fraction of sp³-hybridized carbons (Fsp3) is 0.333. The summed E-state index contributed by atoms with van der Waals surface area (Å²) in [6.45, 7) is 2.02. The van der Waals surface area contributed by atoms with E-state index in [1.165, 1.54) is 4.90 Å². The molecule has 23 heavy (non-hydrogen) atoms. The van der Waals surface area contributed by atoms with Crippen LogP contribution in [0.5, 0.6) is 0 Å². The fourth-order valence-corrected chi connectivity index (χ4v) is 2.52. The quantitative estimate of drug-likeness (QED) is 0.913.